The van der Waals surface area contributed by atoms with Gasteiger partial charge in [-0.2, -0.15) is 0 Å². The van der Waals surface area contributed by atoms with Gasteiger partial charge in [0, 0.05) is 29.2 Å². The first kappa shape index (κ1) is 15.5. The summed E-state index contributed by atoms with van der Waals surface area (Å²) in [7, 11) is 1.88. The first-order valence-electron chi connectivity index (χ1n) is 6.47. The van der Waals surface area contributed by atoms with E-state index in [1.165, 1.54) is 6.07 Å². The van der Waals surface area contributed by atoms with Crippen molar-refractivity contribution in [3.63, 3.8) is 0 Å². The molecule has 0 atom stereocenters. The Labute approximate surface area is 128 Å². The molecule has 0 radical (unpaired) electrons. The van der Waals surface area contributed by atoms with Gasteiger partial charge in [0.05, 0.1) is 0 Å². The molecule has 0 spiro atoms. The van der Waals surface area contributed by atoms with E-state index in [1.807, 2.05) is 24.1 Å². The van der Waals surface area contributed by atoms with Crippen molar-refractivity contribution in [1.29, 1.82) is 0 Å². The molecule has 2 aromatic rings. The number of halogens is 2. The monoisotopic (exact) mass is 306 g/mol. The van der Waals surface area contributed by atoms with Crippen LogP contribution >= 0.6 is 11.6 Å². The lowest BCUT2D eigenvalue weighted by atomic mass is 10.1. The number of rotatable bonds is 5. The lowest BCUT2D eigenvalue weighted by molar-refractivity contribution is 0.100. The highest BCUT2D eigenvalue weighted by molar-refractivity contribution is 6.31. The lowest BCUT2D eigenvalue weighted by Crippen LogP contribution is -2.18. The third-order valence-electron chi connectivity index (χ3n) is 3.18. The molecule has 0 aliphatic heterocycles. The van der Waals surface area contributed by atoms with Crippen LogP contribution in [0.5, 0.6) is 0 Å². The zero-order valence-corrected chi connectivity index (χ0v) is 12.4. The average molecular weight is 307 g/mol. The molecule has 3 nitrogen and oxygen atoms in total. The van der Waals surface area contributed by atoms with Gasteiger partial charge in [-0.3, -0.25) is 9.69 Å². The molecule has 5 heteroatoms. The number of carbonyl (C=O) groups excluding carboxylic acids is 1. The van der Waals surface area contributed by atoms with E-state index in [2.05, 4.69) is 0 Å². The van der Waals surface area contributed by atoms with Crippen LogP contribution in [0.15, 0.2) is 42.5 Å². The molecular weight excluding hydrogens is 291 g/mol. The number of hydrogen-bond donors (Lipinski definition) is 1. The van der Waals surface area contributed by atoms with Crippen molar-refractivity contribution in [2.75, 3.05) is 7.05 Å². The fraction of sp³-hybridized carbons (Fsp3) is 0.188. The summed E-state index contributed by atoms with van der Waals surface area (Å²) in [4.78, 5) is 13.0. The predicted molar refractivity (Wildman–Crippen MR) is 81.5 cm³/mol. The Balaban J connectivity index is 2.04. The van der Waals surface area contributed by atoms with Crippen molar-refractivity contribution in [2.45, 2.75) is 13.1 Å². The Hall–Kier alpha value is -1.91. The molecule has 0 saturated carbocycles. The molecule has 0 aliphatic carbocycles. The van der Waals surface area contributed by atoms with Crippen LogP contribution in [0.4, 0.5) is 4.39 Å². The molecular formula is C16H16ClFN2O. The highest BCUT2D eigenvalue weighted by Gasteiger charge is 2.10. The first-order valence-corrected chi connectivity index (χ1v) is 6.85. The largest absolute Gasteiger partial charge is 0.366 e. The van der Waals surface area contributed by atoms with Gasteiger partial charge in [-0.25, -0.2) is 4.39 Å². The van der Waals surface area contributed by atoms with Crippen LogP contribution < -0.4 is 5.73 Å². The Morgan fingerprint density at radius 3 is 2.43 bits per heavy atom. The molecule has 2 aromatic carbocycles. The summed E-state index contributed by atoms with van der Waals surface area (Å²) >= 11 is 6.01. The number of amides is 1. The van der Waals surface area contributed by atoms with Crippen LogP contribution in [-0.2, 0) is 13.1 Å². The van der Waals surface area contributed by atoms with E-state index in [-0.39, 0.29) is 5.82 Å². The highest BCUT2D eigenvalue weighted by atomic mass is 35.5. The van der Waals surface area contributed by atoms with Crippen molar-refractivity contribution in [2.24, 2.45) is 5.73 Å². The smallest absolute Gasteiger partial charge is 0.248 e. The summed E-state index contributed by atoms with van der Waals surface area (Å²) in [6, 6.07) is 11.7. The lowest BCUT2D eigenvalue weighted by Gasteiger charge is -2.18. The minimum atomic E-state index is -0.451. The molecule has 0 bridgehead atoms. The van der Waals surface area contributed by atoms with Crippen LogP contribution in [-0.4, -0.2) is 17.9 Å². The van der Waals surface area contributed by atoms with E-state index in [0.717, 1.165) is 5.56 Å². The molecule has 0 aromatic heterocycles. The maximum atomic E-state index is 13.7. The van der Waals surface area contributed by atoms with E-state index < -0.39 is 5.91 Å². The number of hydrogen-bond acceptors (Lipinski definition) is 2. The second-order valence-electron chi connectivity index (χ2n) is 4.93. The summed E-state index contributed by atoms with van der Waals surface area (Å²) in [5, 5.41) is 0.422. The summed E-state index contributed by atoms with van der Waals surface area (Å²) in [5.74, 6) is -0.758. The third-order valence-corrected chi connectivity index (χ3v) is 3.53. The topological polar surface area (TPSA) is 46.3 Å². The van der Waals surface area contributed by atoms with Crippen molar-refractivity contribution in [1.82, 2.24) is 4.90 Å². The molecule has 110 valence electrons. The zero-order valence-electron chi connectivity index (χ0n) is 11.6. The minimum Gasteiger partial charge on any atom is -0.366 e. The number of primary amides is 1. The first-order chi connectivity index (χ1) is 9.97. The van der Waals surface area contributed by atoms with Gasteiger partial charge in [-0.15, -0.1) is 0 Å². The highest BCUT2D eigenvalue weighted by Crippen LogP contribution is 2.21. The Bertz CT molecular complexity index is 623. The number of nitrogens with zero attached hydrogens (tertiary/aromatic N) is 1. The van der Waals surface area contributed by atoms with Crippen LogP contribution in [0.2, 0.25) is 5.02 Å². The fourth-order valence-corrected chi connectivity index (χ4v) is 2.32. The van der Waals surface area contributed by atoms with Gasteiger partial charge < -0.3 is 5.73 Å². The van der Waals surface area contributed by atoms with Crippen LogP contribution in [0.1, 0.15) is 21.5 Å². The van der Waals surface area contributed by atoms with Gasteiger partial charge in [-0.05, 0) is 36.9 Å². The molecule has 0 saturated heterocycles. The summed E-state index contributed by atoms with van der Waals surface area (Å²) in [5.41, 5.74) is 7.16. The second kappa shape index (κ2) is 6.70. The predicted octanol–water partition coefficient (Wildman–Crippen LogP) is 3.21. The summed E-state index contributed by atoms with van der Waals surface area (Å²) in [6.45, 7) is 1.02. The van der Waals surface area contributed by atoms with E-state index >= 15 is 0 Å². The van der Waals surface area contributed by atoms with Crippen LogP contribution in [0, 0.1) is 5.82 Å². The fourth-order valence-electron chi connectivity index (χ4n) is 2.10. The summed E-state index contributed by atoms with van der Waals surface area (Å²) in [6.07, 6.45) is 0. The van der Waals surface area contributed by atoms with Gasteiger partial charge in [0.2, 0.25) is 5.91 Å². The van der Waals surface area contributed by atoms with Gasteiger partial charge in [-0.1, -0.05) is 29.8 Å². The number of benzene rings is 2. The maximum Gasteiger partial charge on any atom is 0.248 e. The van der Waals surface area contributed by atoms with E-state index in [4.69, 9.17) is 17.3 Å². The van der Waals surface area contributed by atoms with E-state index in [9.17, 15) is 9.18 Å². The third kappa shape index (κ3) is 4.03. The van der Waals surface area contributed by atoms with E-state index in [0.29, 0.717) is 29.2 Å². The standard InChI is InChI=1S/C16H16ClFN2O/c1-20(10-13-14(17)3-2-4-15(13)18)9-11-5-7-12(8-6-11)16(19)21/h2-8H,9-10H2,1H3,(H2,19,21). The number of nitrogens with two attached hydrogens (primary N) is 1. The van der Waals surface area contributed by atoms with Crippen molar-refractivity contribution in [3.05, 3.63) is 70.0 Å². The quantitative estimate of drug-likeness (QED) is 0.922. The normalized spacial score (nSPS) is 10.9. The van der Waals surface area contributed by atoms with Crippen molar-refractivity contribution in [3.8, 4) is 0 Å². The Kier molecular flexibility index (Phi) is 4.94. The Morgan fingerprint density at radius 1 is 1.19 bits per heavy atom. The van der Waals surface area contributed by atoms with E-state index in [1.54, 1.807) is 24.3 Å². The number of carbonyl (C=O) groups is 1. The molecule has 0 unspecified atom stereocenters. The Morgan fingerprint density at radius 2 is 1.86 bits per heavy atom. The molecule has 0 heterocycles. The SMILES string of the molecule is CN(Cc1ccc(C(N)=O)cc1)Cc1c(F)cccc1Cl. The molecule has 1 amide bonds. The van der Waals surface area contributed by atoms with Gasteiger partial charge in [0.15, 0.2) is 0 Å². The van der Waals surface area contributed by atoms with Crippen molar-refractivity contribution < 1.29 is 9.18 Å². The molecule has 0 aliphatic rings. The summed E-state index contributed by atoms with van der Waals surface area (Å²) < 4.78 is 13.7. The van der Waals surface area contributed by atoms with Gasteiger partial charge in [0.1, 0.15) is 5.82 Å². The second-order valence-corrected chi connectivity index (χ2v) is 5.34. The molecule has 2 N–H and O–H groups in total. The van der Waals surface area contributed by atoms with Crippen LogP contribution in [0.25, 0.3) is 0 Å². The maximum absolute atomic E-state index is 13.7. The molecule has 21 heavy (non-hydrogen) atoms. The molecule has 2 rings (SSSR count). The minimum absolute atomic E-state index is 0.307. The van der Waals surface area contributed by atoms with Gasteiger partial charge in [0.25, 0.3) is 0 Å². The molecule has 0 fully saturated rings. The van der Waals surface area contributed by atoms with Gasteiger partial charge >= 0.3 is 0 Å². The average Bonchev–Trinajstić information content (AvgIpc) is 2.43. The van der Waals surface area contributed by atoms with Crippen molar-refractivity contribution >= 4 is 17.5 Å². The van der Waals surface area contributed by atoms with Crippen LogP contribution in [0.3, 0.4) is 0 Å². The zero-order chi connectivity index (χ0) is 15.4.